The third-order valence-corrected chi connectivity index (χ3v) is 5.90. The summed E-state index contributed by atoms with van der Waals surface area (Å²) in [6.45, 7) is 4.29. The summed E-state index contributed by atoms with van der Waals surface area (Å²) in [5, 5.41) is 4.14. The lowest BCUT2D eigenvalue weighted by Crippen LogP contribution is -2.31. The lowest BCUT2D eigenvalue weighted by atomic mass is 10.2. The monoisotopic (exact) mass is 388 g/mol. The highest BCUT2D eigenvalue weighted by Gasteiger charge is 2.08. The SMILES string of the molecule is O=C(CSCc1ccc(Cl)c(Cl)c1)NCCCN1CCCCCC1. The number of benzene rings is 1. The van der Waals surface area contributed by atoms with Gasteiger partial charge in [-0.2, -0.15) is 0 Å². The molecule has 0 aliphatic carbocycles. The Hall–Kier alpha value is -0.420. The average molecular weight is 389 g/mol. The number of carbonyl (C=O) groups excluding carboxylic acids is 1. The molecule has 0 unspecified atom stereocenters. The third-order valence-electron chi connectivity index (χ3n) is 4.16. The van der Waals surface area contributed by atoms with Crippen molar-refractivity contribution in [1.82, 2.24) is 10.2 Å². The van der Waals surface area contributed by atoms with Gasteiger partial charge in [-0.15, -0.1) is 11.8 Å². The fourth-order valence-corrected chi connectivity index (χ4v) is 3.96. The van der Waals surface area contributed by atoms with E-state index >= 15 is 0 Å². The quantitative estimate of drug-likeness (QED) is 0.659. The number of halogens is 2. The molecular formula is C18H26Cl2N2OS. The molecule has 1 amide bonds. The Balaban J connectivity index is 1.54. The smallest absolute Gasteiger partial charge is 0.230 e. The summed E-state index contributed by atoms with van der Waals surface area (Å²) in [6.07, 6.45) is 6.39. The summed E-state index contributed by atoms with van der Waals surface area (Å²) < 4.78 is 0. The summed E-state index contributed by atoms with van der Waals surface area (Å²) in [6, 6.07) is 5.60. The number of thioether (sulfide) groups is 1. The van der Waals surface area contributed by atoms with Gasteiger partial charge in [-0.05, 0) is 56.6 Å². The highest BCUT2D eigenvalue weighted by molar-refractivity contribution is 7.99. The van der Waals surface area contributed by atoms with Gasteiger partial charge in [0.2, 0.25) is 5.91 Å². The van der Waals surface area contributed by atoms with Crippen molar-refractivity contribution in [1.29, 1.82) is 0 Å². The summed E-state index contributed by atoms with van der Waals surface area (Å²) >= 11 is 13.5. The van der Waals surface area contributed by atoms with E-state index in [0.29, 0.717) is 15.8 Å². The van der Waals surface area contributed by atoms with Gasteiger partial charge in [0.1, 0.15) is 0 Å². The van der Waals surface area contributed by atoms with Crippen molar-refractivity contribution in [2.75, 3.05) is 31.9 Å². The standard InChI is InChI=1S/C18H26Cl2N2OS/c19-16-7-6-15(12-17(16)20)13-24-14-18(23)21-8-5-11-22-9-3-1-2-4-10-22/h6-7,12H,1-5,8-11,13-14H2,(H,21,23). The van der Waals surface area contributed by atoms with Crippen LogP contribution < -0.4 is 5.32 Å². The Morgan fingerprint density at radius 1 is 1.12 bits per heavy atom. The lowest BCUT2D eigenvalue weighted by molar-refractivity contribution is -0.118. The zero-order chi connectivity index (χ0) is 17.2. The molecule has 0 atom stereocenters. The molecule has 1 aliphatic rings. The van der Waals surface area contributed by atoms with Crippen molar-refractivity contribution in [2.45, 2.75) is 37.9 Å². The fraction of sp³-hybridized carbons (Fsp3) is 0.611. The summed E-state index contributed by atoms with van der Waals surface area (Å²) in [5.41, 5.74) is 1.09. The van der Waals surface area contributed by atoms with Gasteiger partial charge in [0.25, 0.3) is 0 Å². The molecule has 1 aliphatic heterocycles. The van der Waals surface area contributed by atoms with Crippen molar-refractivity contribution in [3.05, 3.63) is 33.8 Å². The first-order chi connectivity index (χ1) is 11.6. The largest absolute Gasteiger partial charge is 0.355 e. The van der Waals surface area contributed by atoms with E-state index in [2.05, 4.69) is 10.2 Å². The third kappa shape index (κ3) is 7.64. The van der Waals surface area contributed by atoms with Crippen LogP contribution in [0.1, 0.15) is 37.7 Å². The minimum atomic E-state index is 0.107. The van der Waals surface area contributed by atoms with Gasteiger partial charge in [0.15, 0.2) is 0 Å². The second kappa shape index (κ2) is 11.2. The van der Waals surface area contributed by atoms with Crippen LogP contribution in [-0.4, -0.2) is 42.7 Å². The number of carbonyl (C=O) groups is 1. The molecule has 1 N–H and O–H groups in total. The first kappa shape index (κ1) is 19.9. The Labute approximate surface area is 159 Å². The average Bonchev–Trinajstić information content (AvgIpc) is 2.84. The summed E-state index contributed by atoms with van der Waals surface area (Å²) in [4.78, 5) is 14.4. The van der Waals surface area contributed by atoms with E-state index in [-0.39, 0.29) is 5.91 Å². The topological polar surface area (TPSA) is 32.3 Å². The van der Waals surface area contributed by atoms with Gasteiger partial charge in [-0.3, -0.25) is 4.79 Å². The molecular weight excluding hydrogens is 363 g/mol. The maximum Gasteiger partial charge on any atom is 0.230 e. The summed E-state index contributed by atoms with van der Waals surface area (Å²) in [7, 11) is 0. The van der Waals surface area contributed by atoms with Crippen LogP contribution >= 0.6 is 35.0 Å². The van der Waals surface area contributed by atoms with E-state index in [0.717, 1.165) is 30.8 Å². The van der Waals surface area contributed by atoms with Crippen molar-refractivity contribution in [3.63, 3.8) is 0 Å². The number of rotatable bonds is 8. The first-order valence-corrected chi connectivity index (χ1v) is 10.6. The summed E-state index contributed by atoms with van der Waals surface area (Å²) in [5.74, 6) is 1.35. The normalized spacial score (nSPS) is 15.9. The van der Waals surface area contributed by atoms with Crippen LogP contribution in [0.4, 0.5) is 0 Å². The first-order valence-electron chi connectivity index (χ1n) is 8.66. The van der Waals surface area contributed by atoms with Crippen LogP contribution in [0.15, 0.2) is 18.2 Å². The molecule has 0 spiro atoms. The molecule has 2 rings (SSSR count). The molecule has 24 heavy (non-hydrogen) atoms. The Kier molecular flexibility index (Phi) is 9.32. The molecule has 6 heteroatoms. The van der Waals surface area contributed by atoms with Gasteiger partial charge < -0.3 is 10.2 Å². The number of likely N-dealkylation sites (tertiary alicyclic amines) is 1. The molecule has 1 aromatic rings. The van der Waals surface area contributed by atoms with Crippen LogP contribution in [0, 0.1) is 0 Å². The van der Waals surface area contributed by atoms with Crippen LogP contribution in [0.25, 0.3) is 0 Å². The lowest BCUT2D eigenvalue weighted by Gasteiger charge is -2.19. The molecule has 1 saturated heterocycles. The van der Waals surface area contributed by atoms with E-state index in [1.54, 1.807) is 17.8 Å². The Morgan fingerprint density at radius 3 is 2.58 bits per heavy atom. The molecule has 3 nitrogen and oxygen atoms in total. The number of hydrogen-bond donors (Lipinski definition) is 1. The van der Waals surface area contributed by atoms with Crippen molar-refractivity contribution in [2.24, 2.45) is 0 Å². The van der Waals surface area contributed by atoms with Gasteiger partial charge >= 0.3 is 0 Å². The minimum absolute atomic E-state index is 0.107. The van der Waals surface area contributed by atoms with E-state index in [1.165, 1.54) is 38.8 Å². The van der Waals surface area contributed by atoms with Crippen LogP contribution in [0.5, 0.6) is 0 Å². The zero-order valence-corrected chi connectivity index (χ0v) is 16.4. The van der Waals surface area contributed by atoms with Crippen molar-refractivity contribution < 1.29 is 4.79 Å². The van der Waals surface area contributed by atoms with Crippen LogP contribution in [0.3, 0.4) is 0 Å². The van der Waals surface area contributed by atoms with Crippen molar-refractivity contribution in [3.8, 4) is 0 Å². The minimum Gasteiger partial charge on any atom is -0.355 e. The number of amides is 1. The van der Waals surface area contributed by atoms with E-state index < -0.39 is 0 Å². The molecule has 1 fully saturated rings. The number of nitrogens with one attached hydrogen (secondary N) is 1. The highest BCUT2D eigenvalue weighted by atomic mass is 35.5. The molecule has 1 aromatic carbocycles. The molecule has 0 bridgehead atoms. The van der Waals surface area contributed by atoms with E-state index in [4.69, 9.17) is 23.2 Å². The fourth-order valence-electron chi connectivity index (χ4n) is 2.83. The van der Waals surface area contributed by atoms with Crippen LogP contribution in [0.2, 0.25) is 10.0 Å². The predicted molar refractivity (Wildman–Crippen MR) is 105 cm³/mol. The van der Waals surface area contributed by atoms with Gasteiger partial charge in [0, 0.05) is 12.3 Å². The zero-order valence-electron chi connectivity index (χ0n) is 14.0. The van der Waals surface area contributed by atoms with Gasteiger partial charge in [0.05, 0.1) is 15.8 Å². The second-order valence-corrected chi connectivity index (χ2v) is 8.00. The Morgan fingerprint density at radius 2 is 1.88 bits per heavy atom. The second-order valence-electron chi connectivity index (χ2n) is 6.20. The number of nitrogens with zero attached hydrogens (tertiary/aromatic N) is 1. The highest BCUT2D eigenvalue weighted by Crippen LogP contribution is 2.24. The molecule has 1 heterocycles. The Bertz CT molecular complexity index is 520. The van der Waals surface area contributed by atoms with Crippen LogP contribution in [-0.2, 0) is 10.5 Å². The van der Waals surface area contributed by atoms with Gasteiger partial charge in [-0.25, -0.2) is 0 Å². The van der Waals surface area contributed by atoms with Crippen molar-refractivity contribution >= 4 is 40.9 Å². The number of hydrogen-bond acceptors (Lipinski definition) is 3. The van der Waals surface area contributed by atoms with E-state index in [9.17, 15) is 4.79 Å². The van der Waals surface area contributed by atoms with E-state index in [1.807, 2.05) is 12.1 Å². The predicted octanol–water partition coefficient (Wildman–Crippen LogP) is 4.61. The maximum atomic E-state index is 11.9. The molecule has 134 valence electrons. The maximum absolute atomic E-state index is 11.9. The molecule has 0 radical (unpaired) electrons. The molecule has 0 aromatic heterocycles. The van der Waals surface area contributed by atoms with Gasteiger partial charge in [-0.1, -0.05) is 42.1 Å². The molecule has 0 saturated carbocycles.